The van der Waals surface area contributed by atoms with Crippen LogP contribution >= 0.6 is 0 Å². The van der Waals surface area contributed by atoms with Crippen LogP contribution in [0.2, 0.25) is 0 Å². The van der Waals surface area contributed by atoms with Gasteiger partial charge in [0.15, 0.2) is 0 Å². The molecule has 2 heterocycles. The van der Waals surface area contributed by atoms with E-state index in [4.69, 9.17) is 0 Å². The Morgan fingerprint density at radius 1 is 1.28 bits per heavy atom. The maximum Gasteiger partial charge on any atom is 0.272 e. The molecular formula is C20H28N4O. The van der Waals surface area contributed by atoms with Gasteiger partial charge in [0, 0.05) is 37.6 Å². The van der Waals surface area contributed by atoms with E-state index in [9.17, 15) is 4.79 Å². The van der Waals surface area contributed by atoms with E-state index in [0.717, 1.165) is 44.6 Å². The Kier molecular flexibility index (Phi) is 5.41. The zero-order valence-electron chi connectivity index (χ0n) is 15.5. The lowest BCUT2D eigenvalue weighted by atomic mass is 10.0. The number of benzene rings is 1. The second kappa shape index (κ2) is 7.72. The molecule has 1 aromatic carbocycles. The first-order chi connectivity index (χ1) is 12.1. The highest BCUT2D eigenvalue weighted by Crippen LogP contribution is 2.20. The van der Waals surface area contributed by atoms with Crippen LogP contribution in [0.25, 0.3) is 0 Å². The number of likely N-dealkylation sites (tertiary alicyclic amines) is 1. The Hall–Kier alpha value is -2.30. The third kappa shape index (κ3) is 4.03. The Balaban J connectivity index is 1.67. The molecule has 2 aromatic rings. The number of nitrogens with one attached hydrogen (secondary N) is 1. The van der Waals surface area contributed by atoms with Gasteiger partial charge in [-0.25, -0.2) is 0 Å². The topological polar surface area (TPSA) is 50.2 Å². The van der Waals surface area contributed by atoms with Crippen molar-refractivity contribution in [3.8, 4) is 0 Å². The van der Waals surface area contributed by atoms with E-state index in [1.54, 1.807) is 6.20 Å². The van der Waals surface area contributed by atoms with Gasteiger partial charge in [-0.05, 0) is 62.4 Å². The Morgan fingerprint density at radius 3 is 2.88 bits per heavy atom. The summed E-state index contributed by atoms with van der Waals surface area (Å²) in [5.74, 6) is 0.0949. The van der Waals surface area contributed by atoms with Gasteiger partial charge in [-0.1, -0.05) is 13.0 Å². The van der Waals surface area contributed by atoms with E-state index >= 15 is 0 Å². The molecule has 5 heteroatoms. The highest BCUT2D eigenvalue weighted by atomic mass is 16.2. The maximum atomic E-state index is 12.9. The Morgan fingerprint density at radius 2 is 2.12 bits per heavy atom. The van der Waals surface area contributed by atoms with E-state index in [0.29, 0.717) is 11.7 Å². The zero-order chi connectivity index (χ0) is 17.8. The van der Waals surface area contributed by atoms with Crippen molar-refractivity contribution in [3.63, 3.8) is 0 Å². The Labute approximate surface area is 150 Å². The van der Waals surface area contributed by atoms with Crippen LogP contribution < -0.4 is 5.32 Å². The Bertz CT molecular complexity index is 737. The molecule has 25 heavy (non-hydrogen) atoms. The summed E-state index contributed by atoms with van der Waals surface area (Å²) < 4.78 is 1.82. The number of piperidine rings is 1. The lowest BCUT2D eigenvalue weighted by Crippen LogP contribution is -2.45. The molecule has 1 fully saturated rings. The van der Waals surface area contributed by atoms with Crippen LogP contribution in [0, 0.1) is 13.8 Å². The molecule has 1 N–H and O–H groups in total. The van der Waals surface area contributed by atoms with Crippen molar-refractivity contribution in [2.24, 2.45) is 0 Å². The largest absolute Gasteiger partial charge is 0.381 e. The molecule has 1 amide bonds. The standard InChI is InChI=1S/C20H28N4O/c1-4-11-24-19(9-10-21-24)20(25)23-12-5-6-18(14-23)22-17-8-7-15(2)16(3)13-17/h7-10,13,18,22H,4-6,11-12,14H2,1-3H3/t18-/m1/s1. The molecule has 1 aliphatic rings. The SMILES string of the molecule is CCCn1nccc1C(=O)N1CCC[C@@H](Nc2ccc(C)c(C)c2)C1. The number of carbonyl (C=O) groups is 1. The summed E-state index contributed by atoms with van der Waals surface area (Å²) in [4.78, 5) is 14.9. The summed E-state index contributed by atoms with van der Waals surface area (Å²) in [5.41, 5.74) is 4.43. The molecule has 3 rings (SSSR count). The van der Waals surface area contributed by atoms with Crippen LogP contribution in [-0.4, -0.2) is 39.7 Å². The predicted octanol–water partition coefficient (Wildman–Crippen LogP) is 3.63. The van der Waals surface area contributed by atoms with Crippen LogP contribution in [-0.2, 0) is 6.54 Å². The fraction of sp³-hybridized carbons (Fsp3) is 0.500. The number of hydrogen-bond donors (Lipinski definition) is 1. The van der Waals surface area contributed by atoms with Gasteiger partial charge in [0.25, 0.3) is 5.91 Å². The van der Waals surface area contributed by atoms with E-state index in [-0.39, 0.29) is 5.91 Å². The molecule has 1 aromatic heterocycles. The molecule has 0 saturated carbocycles. The molecule has 0 unspecified atom stereocenters. The van der Waals surface area contributed by atoms with Gasteiger partial charge in [0.05, 0.1) is 0 Å². The van der Waals surface area contributed by atoms with Crippen LogP contribution in [0.4, 0.5) is 5.69 Å². The van der Waals surface area contributed by atoms with Gasteiger partial charge < -0.3 is 10.2 Å². The molecule has 0 aliphatic carbocycles. The van der Waals surface area contributed by atoms with Crippen molar-refractivity contribution >= 4 is 11.6 Å². The smallest absolute Gasteiger partial charge is 0.272 e. The minimum absolute atomic E-state index is 0.0949. The van der Waals surface area contributed by atoms with E-state index in [2.05, 4.69) is 49.4 Å². The minimum Gasteiger partial charge on any atom is -0.381 e. The summed E-state index contributed by atoms with van der Waals surface area (Å²) in [7, 11) is 0. The van der Waals surface area contributed by atoms with Gasteiger partial charge in [-0.3, -0.25) is 9.48 Å². The van der Waals surface area contributed by atoms with Crippen molar-refractivity contribution in [3.05, 3.63) is 47.3 Å². The predicted molar refractivity (Wildman–Crippen MR) is 101 cm³/mol. The third-order valence-electron chi connectivity index (χ3n) is 4.96. The number of amides is 1. The van der Waals surface area contributed by atoms with Crippen molar-refractivity contribution in [1.29, 1.82) is 0 Å². The second-order valence-corrected chi connectivity index (χ2v) is 6.97. The minimum atomic E-state index is 0.0949. The number of aromatic nitrogens is 2. The average molecular weight is 340 g/mol. The number of rotatable bonds is 5. The molecular weight excluding hydrogens is 312 g/mol. The van der Waals surface area contributed by atoms with Crippen LogP contribution in [0.5, 0.6) is 0 Å². The number of nitrogens with zero attached hydrogens (tertiary/aromatic N) is 3. The molecule has 134 valence electrons. The zero-order valence-corrected chi connectivity index (χ0v) is 15.5. The molecule has 1 aliphatic heterocycles. The first kappa shape index (κ1) is 17.5. The quantitative estimate of drug-likeness (QED) is 0.904. The maximum absolute atomic E-state index is 12.9. The first-order valence-corrected chi connectivity index (χ1v) is 9.23. The summed E-state index contributed by atoms with van der Waals surface area (Å²) >= 11 is 0. The lowest BCUT2D eigenvalue weighted by Gasteiger charge is -2.34. The molecule has 0 bridgehead atoms. The van der Waals surface area contributed by atoms with Crippen LogP contribution in [0.15, 0.2) is 30.5 Å². The van der Waals surface area contributed by atoms with Crippen molar-refractivity contribution in [1.82, 2.24) is 14.7 Å². The van der Waals surface area contributed by atoms with E-state index in [1.165, 1.54) is 11.1 Å². The second-order valence-electron chi connectivity index (χ2n) is 6.97. The van der Waals surface area contributed by atoms with Gasteiger partial charge in [-0.2, -0.15) is 5.10 Å². The molecule has 1 saturated heterocycles. The number of carbonyl (C=O) groups excluding carboxylic acids is 1. The van der Waals surface area contributed by atoms with Crippen LogP contribution in [0.3, 0.4) is 0 Å². The van der Waals surface area contributed by atoms with Gasteiger partial charge >= 0.3 is 0 Å². The van der Waals surface area contributed by atoms with Gasteiger partial charge in [0.2, 0.25) is 0 Å². The monoisotopic (exact) mass is 340 g/mol. The highest BCUT2D eigenvalue weighted by Gasteiger charge is 2.26. The number of hydrogen-bond acceptors (Lipinski definition) is 3. The third-order valence-corrected chi connectivity index (χ3v) is 4.96. The van der Waals surface area contributed by atoms with Crippen LogP contribution in [0.1, 0.15) is 47.8 Å². The summed E-state index contributed by atoms with van der Waals surface area (Å²) in [5, 5.41) is 7.88. The van der Waals surface area contributed by atoms with Crippen molar-refractivity contribution in [2.75, 3.05) is 18.4 Å². The van der Waals surface area contributed by atoms with Gasteiger partial charge in [0.1, 0.15) is 5.69 Å². The number of aryl methyl sites for hydroxylation is 3. The average Bonchev–Trinajstić information content (AvgIpc) is 3.06. The molecule has 1 atom stereocenters. The fourth-order valence-electron chi connectivity index (χ4n) is 3.41. The van der Waals surface area contributed by atoms with E-state index in [1.807, 2.05) is 15.6 Å². The normalized spacial score (nSPS) is 17.6. The fourth-order valence-corrected chi connectivity index (χ4v) is 3.41. The van der Waals surface area contributed by atoms with E-state index < -0.39 is 0 Å². The van der Waals surface area contributed by atoms with Crippen molar-refractivity contribution < 1.29 is 4.79 Å². The highest BCUT2D eigenvalue weighted by molar-refractivity contribution is 5.92. The van der Waals surface area contributed by atoms with Gasteiger partial charge in [-0.15, -0.1) is 0 Å². The van der Waals surface area contributed by atoms with Crippen molar-refractivity contribution in [2.45, 2.75) is 52.6 Å². The molecule has 0 radical (unpaired) electrons. The molecule has 5 nitrogen and oxygen atoms in total. The lowest BCUT2D eigenvalue weighted by molar-refractivity contribution is 0.0702. The number of anilines is 1. The molecule has 0 spiro atoms. The summed E-state index contributed by atoms with van der Waals surface area (Å²) in [6.07, 6.45) is 4.80. The summed E-state index contributed by atoms with van der Waals surface area (Å²) in [6, 6.07) is 8.58. The first-order valence-electron chi connectivity index (χ1n) is 9.23. The summed E-state index contributed by atoms with van der Waals surface area (Å²) in [6.45, 7) is 8.70.